The standard InChI is InChI=1S/C13H16N2O2/c1-9-8-12(10(2)17-9)13(16)15(7-3-6-14)11-4-5-11/h8,11H,3-5,7H2,1-2H3. The molecule has 17 heavy (non-hydrogen) atoms. The van der Waals surface area contributed by atoms with Crippen molar-refractivity contribution in [2.75, 3.05) is 6.54 Å². The van der Waals surface area contributed by atoms with E-state index in [0.717, 1.165) is 18.6 Å². The van der Waals surface area contributed by atoms with E-state index in [0.29, 0.717) is 30.3 Å². The van der Waals surface area contributed by atoms with Crippen molar-refractivity contribution in [1.29, 1.82) is 5.26 Å². The minimum atomic E-state index is -0.00269. The van der Waals surface area contributed by atoms with Crippen molar-refractivity contribution in [2.45, 2.75) is 39.2 Å². The molecule has 0 aliphatic heterocycles. The summed E-state index contributed by atoms with van der Waals surface area (Å²) in [6.07, 6.45) is 2.48. The SMILES string of the molecule is Cc1cc(C(=O)N(CCC#N)C2CC2)c(C)o1. The van der Waals surface area contributed by atoms with E-state index in [1.165, 1.54) is 0 Å². The highest BCUT2D eigenvalue weighted by Crippen LogP contribution is 2.29. The second-order valence-electron chi connectivity index (χ2n) is 4.46. The summed E-state index contributed by atoms with van der Waals surface area (Å²) in [5.74, 6) is 1.41. The van der Waals surface area contributed by atoms with Crippen LogP contribution in [0, 0.1) is 25.2 Å². The van der Waals surface area contributed by atoms with Gasteiger partial charge in [0.25, 0.3) is 5.91 Å². The molecule has 0 bridgehead atoms. The van der Waals surface area contributed by atoms with Gasteiger partial charge in [-0.3, -0.25) is 4.79 Å². The van der Waals surface area contributed by atoms with Gasteiger partial charge in [0.15, 0.2) is 0 Å². The van der Waals surface area contributed by atoms with Gasteiger partial charge in [-0.2, -0.15) is 5.26 Å². The Morgan fingerprint density at radius 1 is 1.59 bits per heavy atom. The first-order valence-corrected chi connectivity index (χ1v) is 5.88. The van der Waals surface area contributed by atoms with Crippen LogP contribution in [0.25, 0.3) is 0 Å². The Balaban J connectivity index is 2.16. The van der Waals surface area contributed by atoms with Crippen LogP contribution in [-0.4, -0.2) is 23.4 Å². The van der Waals surface area contributed by atoms with Crippen LogP contribution in [0.4, 0.5) is 0 Å². The van der Waals surface area contributed by atoms with E-state index in [1.54, 1.807) is 17.9 Å². The summed E-state index contributed by atoms with van der Waals surface area (Å²) < 4.78 is 5.38. The van der Waals surface area contributed by atoms with E-state index in [2.05, 4.69) is 6.07 Å². The molecule has 1 heterocycles. The Labute approximate surface area is 101 Å². The van der Waals surface area contributed by atoms with Gasteiger partial charge in [0.05, 0.1) is 18.1 Å². The highest BCUT2D eigenvalue weighted by atomic mass is 16.3. The minimum Gasteiger partial charge on any atom is -0.466 e. The number of amides is 1. The molecule has 2 rings (SSSR count). The van der Waals surface area contributed by atoms with Gasteiger partial charge < -0.3 is 9.32 Å². The van der Waals surface area contributed by atoms with Gasteiger partial charge in [-0.1, -0.05) is 0 Å². The largest absolute Gasteiger partial charge is 0.466 e. The molecule has 1 saturated carbocycles. The number of rotatable bonds is 4. The second kappa shape index (κ2) is 4.62. The fourth-order valence-corrected chi connectivity index (χ4v) is 2.00. The van der Waals surface area contributed by atoms with Gasteiger partial charge >= 0.3 is 0 Å². The monoisotopic (exact) mass is 232 g/mol. The van der Waals surface area contributed by atoms with Crippen molar-refractivity contribution in [3.8, 4) is 6.07 Å². The van der Waals surface area contributed by atoms with Gasteiger partial charge in [0.1, 0.15) is 11.5 Å². The Morgan fingerprint density at radius 2 is 2.29 bits per heavy atom. The third kappa shape index (κ3) is 2.50. The number of carbonyl (C=O) groups is 1. The van der Waals surface area contributed by atoms with Crippen LogP contribution in [0.15, 0.2) is 10.5 Å². The molecule has 1 fully saturated rings. The average Bonchev–Trinajstić information content (AvgIpc) is 3.05. The van der Waals surface area contributed by atoms with Gasteiger partial charge in [-0.05, 0) is 32.8 Å². The van der Waals surface area contributed by atoms with Crippen LogP contribution in [0.5, 0.6) is 0 Å². The zero-order valence-electron chi connectivity index (χ0n) is 10.2. The van der Waals surface area contributed by atoms with E-state index in [9.17, 15) is 4.79 Å². The summed E-state index contributed by atoms with van der Waals surface area (Å²) in [7, 11) is 0. The highest BCUT2D eigenvalue weighted by molar-refractivity contribution is 5.95. The number of nitrogens with zero attached hydrogens (tertiary/aromatic N) is 2. The maximum atomic E-state index is 12.3. The average molecular weight is 232 g/mol. The molecule has 90 valence electrons. The quantitative estimate of drug-likeness (QED) is 0.801. The highest BCUT2D eigenvalue weighted by Gasteiger charge is 2.33. The van der Waals surface area contributed by atoms with Crippen molar-refractivity contribution in [2.24, 2.45) is 0 Å². The number of carbonyl (C=O) groups excluding carboxylic acids is 1. The van der Waals surface area contributed by atoms with Crippen LogP contribution in [0.1, 0.15) is 41.1 Å². The first-order chi connectivity index (χ1) is 8.13. The fraction of sp³-hybridized carbons (Fsp3) is 0.538. The number of furan rings is 1. The molecule has 0 radical (unpaired) electrons. The van der Waals surface area contributed by atoms with E-state index >= 15 is 0 Å². The molecule has 1 amide bonds. The predicted molar refractivity (Wildman–Crippen MR) is 62.5 cm³/mol. The summed E-state index contributed by atoms with van der Waals surface area (Å²) in [6.45, 7) is 4.15. The van der Waals surface area contributed by atoms with Crippen molar-refractivity contribution >= 4 is 5.91 Å². The maximum absolute atomic E-state index is 12.3. The molecule has 1 aliphatic rings. The zero-order chi connectivity index (χ0) is 12.4. The molecule has 0 spiro atoms. The van der Waals surface area contributed by atoms with Gasteiger partial charge in [0, 0.05) is 12.6 Å². The van der Waals surface area contributed by atoms with E-state index < -0.39 is 0 Å². The van der Waals surface area contributed by atoms with Crippen molar-refractivity contribution in [3.63, 3.8) is 0 Å². The van der Waals surface area contributed by atoms with Gasteiger partial charge in [0.2, 0.25) is 0 Å². The van der Waals surface area contributed by atoms with Crippen molar-refractivity contribution in [1.82, 2.24) is 4.90 Å². The molecular weight excluding hydrogens is 216 g/mol. The number of nitriles is 1. The van der Waals surface area contributed by atoms with Crippen molar-refractivity contribution in [3.05, 3.63) is 23.2 Å². The maximum Gasteiger partial charge on any atom is 0.257 e. The lowest BCUT2D eigenvalue weighted by molar-refractivity contribution is 0.0745. The molecule has 1 aromatic rings. The van der Waals surface area contributed by atoms with E-state index in [4.69, 9.17) is 9.68 Å². The lowest BCUT2D eigenvalue weighted by Crippen LogP contribution is -2.34. The number of aryl methyl sites for hydroxylation is 2. The molecule has 4 heteroatoms. The summed E-state index contributed by atoms with van der Waals surface area (Å²) in [4.78, 5) is 14.1. The molecule has 1 aromatic heterocycles. The van der Waals surface area contributed by atoms with Crippen LogP contribution in [-0.2, 0) is 0 Å². The normalized spacial score (nSPS) is 14.4. The van der Waals surface area contributed by atoms with Gasteiger partial charge in [-0.25, -0.2) is 0 Å². The Bertz CT molecular complexity index is 466. The number of hydrogen-bond donors (Lipinski definition) is 0. The molecule has 1 aliphatic carbocycles. The molecule has 0 atom stereocenters. The lowest BCUT2D eigenvalue weighted by Gasteiger charge is -2.20. The lowest BCUT2D eigenvalue weighted by atomic mass is 10.2. The van der Waals surface area contributed by atoms with Crippen LogP contribution >= 0.6 is 0 Å². The zero-order valence-corrected chi connectivity index (χ0v) is 10.2. The molecule has 0 unspecified atom stereocenters. The molecule has 0 N–H and O–H groups in total. The Kier molecular flexibility index (Phi) is 3.19. The first kappa shape index (κ1) is 11.7. The van der Waals surface area contributed by atoms with Crippen LogP contribution in [0.2, 0.25) is 0 Å². The second-order valence-corrected chi connectivity index (χ2v) is 4.46. The summed E-state index contributed by atoms with van der Waals surface area (Å²) in [5, 5.41) is 8.62. The third-order valence-corrected chi connectivity index (χ3v) is 2.98. The third-order valence-electron chi connectivity index (χ3n) is 2.98. The van der Waals surface area contributed by atoms with E-state index in [1.807, 2.05) is 6.92 Å². The first-order valence-electron chi connectivity index (χ1n) is 5.88. The molecule has 0 saturated heterocycles. The smallest absolute Gasteiger partial charge is 0.257 e. The fourth-order valence-electron chi connectivity index (χ4n) is 2.00. The summed E-state index contributed by atoms with van der Waals surface area (Å²) >= 11 is 0. The van der Waals surface area contributed by atoms with Gasteiger partial charge in [-0.15, -0.1) is 0 Å². The topological polar surface area (TPSA) is 57.2 Å². The minimum absolute atomic E-state index is 0.00269. The molecular formula is C13H16N2O2. The Hall–Kier alpha value is -1.76. The van der Waals surface area contributed by atoms with Crippen molar-refractivity contribution < 1.29 is 9.21 Å². The number of hydrogen-bond acceptors (Lipinski definition) is 3. The summed E-state index contributed by atoms with van der Waals surface area (Å²) in [6, 6.07) is 4.19. The molecule has 4 nitrogen and oxygen atoms in total. The van der Waals surface area contributed by atoms with E-state index in [-0.39, 0.29) is 5.91 Å². The van der Waals surface area contributed by atoms with Crippen LogP contribution in [0.3, 0.4) is 0 Å². The van der Waals surface area contributed by atoms with Crippen LogP contribution < -0.4 is 0 Å². The predicted octanol–water partition coefficient (Wildman–Crippen LogP) is 2.41. The Morgan fingerprint density at radius 3 is 2.76 bits per heavy atom. The summed E-state index contributed by atoms with van der Waals surface area (Å²) in [5.41, 5.74) is 0.632. The molecule has 0 aromatic carbocycles.